The Balaban J connectivity index is 1.83. The second kappa shape index (κ2) is 6.49. The van der Waals surface area contributed by atoms with E-state index in [-0.39, 0.29) is 0 Å². The van der Waals surface area contributed by atoms with Crippen LogP contribution in [0.1, 0.15) is 56.3 Å². The third-order valence-electron chi connectivity index (χ3n) is 5.09. The van der Waals surface area contributed by atoms with Gasteiger partial charge in [-0.1, -0.05) is 13.3 Å². The van der Waals surface area contributed by atoms with E-state index in [0.29, 0.717) is 12.0 Å². The zero-order valence-corrected chi connectivity index (χ0v) is 13.8. The van der Waals surface area contributed by atoms with Crippen molar-refractivity contribution in [3.8, 4) is 0 Å². The average Bonchev–Trinajstić information content (AvgIpc) is 3.24. The molecule has 2 heterocycles. The van der Waals surface area contributed by atoms with E-state index >= 15 is 0 Å². The lowest BCUT2D eigenvalue weighted by atomic mass is 9.89. The number of aryl methyl sites for hydroxylation is 2. The lowest BCUT2D eigenvalue weighted by Gasteiger charge is -2.32. The van der Waals surface area contributed by atoms with Gasteiger partial charge in [-0.05, 0) is 51.6 Å². The summed E-state index contributed by atoms with van der Waals surface area (Å²) >= 11 is 0. The highest BCUT2D eigenvalue weighted by molar-refractivity contribution is 5.23. The summed E-state index contributed by atoms with van der Waals surface area (Å²) in [5, 5.41) is 8.45. The Morgan fingerprint density at radius 1 is 1.24 bits per heavy atom. The molecule has 1 saturated heterocycles. The van der Waals surface area contributed by atoms with Gasteiger partial charge in [-0.3, -0.25) is 9.58 Å². The molecule has 2 aliphatic rings. The summed E-state index contributed by atoms with van der Waals surface area (Å²) < 4.78 is 2.00. The minimum atomic E-state index is 0.530. The van der Waals surface area contributed by atoms with Crippen molar-refractivity contribution in [2.24, 2.45) is 13.0 Å². The molecule has 21 heavy (non-hydrogen) atoms. The van der Waals surface area contributed by atoms with Crippen LogP contribution in [-0.2, 0) is 13.5 Å². The third kappa shape index (κ3) is 3.49. The Kier molecular flexibility index (Phi) is 4.65. The zero-order chi connectivity index (χ0) is 14.8. The van der Waals surface area contributed by atoms with Crippen molar-refractivity contribution in [2.45, 2.75) is 57.5 Å². The number of hydrogen-bond acceptors (Lipinski definition) is 3. The smallest absolute Gasteiger partial charge is 0.0669 e. The standard InChI is InChI=1S/C17H30N4/c1-4-16-15(12-21(3)19-16)17-13(11-18-14-8-9-14)7-5-6-10-20(17)2/h12-14,17-18H,4-11H2,1-3H3. The van der Waals surface area contributed by atoms with E-state index in [9.17, 15) is 0 Å². The quantitative estimate of drug-likeness (QED) is 0.904. The van der Waals surface area contributed by atoms with Crippen molar-refractivity contribution in [3.05, 3.63) is 17.5 Å². The van der Waals surface area contributed by atoms with E-state index in [1.54, 1.807) is 0 Å². The minimum Gasteiger partial charge on any atom is -0.314 e. The van der Waals surface area contributed by atoms with Crippen molar-refractivity contribution in [1.29, 1.82) is 0 Å². The van der Waals surface area contributed by atoms with Crippen molar-refractivity contribution in [1.82, 2.24) is 20.0 Å². The third-order valence-corrected chi connectivity index (χ3v) is 5.09. The molecule has 4 nitrogen and oxygen atoms in total. The predicted octanol–water partition coefficient (Wildman–Crippen LogP) is 2.51. The van der Waals surface area contributed by atoms with E-state index in [1.807, 2.05) is 4.68 Å². The van der Waals surface area contributed by atoms with E-state index in [2.05, 4.69) is 42.5 Å². The normalized spacial score (nSPS) is 27.8. The Bertz CT molecular complexity index is 463. The highest BCUT2D eigenvalue weighted by atomic mass is 15.3. The van der Waals surface area contributed by atoms with E-state index in [4.69, 9.17) is 0 Å². The highest BCUT2D eigenvalue weighted by Crippen LogP contribution is 2.36. The Labute approximate surface area is 128 Å². The first kappa shape index (κ1) is 15.0. The summed E-state index contributed by atoms with van der Waals surface area (Å²) in [6, 6.07) is 1.33. The van der Waals surface area contributed by atoms with Crippen molar-refractivity contribution in [3.63, 3.8) is 0 Å². The molecule has 0 amide bonds. The van der Waals surface area contributed by atoms with Crippen LogP contribution in [0.4, 0.5) is 0 Å². The molecule has 3 rings (SSSR count). The number of likely N-dealkylation sites (tertiary alicyclic amines) is 1. The summed E-state index contributed by atoms with van der Waals surface area (Å²) in [7, 11) is 4.35. The van der Waals surface area contributed by atoms with Crippen LogP contribution in [0.15, 0.2) is 6.20 Å². The van der Waals surface area contributed by atoms with Crippen LogP contribution in [0.25, 0.3) is 0 Å². The summed E-state index contributed by atoms with van der Waals surface area (Å²) in [6.07, 6.45) is 10.1. The zero-order valence-electron chi connectivity index (χ0n) is 13.8. The van der Waals surface area contributed by atoms with Gasteiger partial charge >= 0.3 is 0 Å². The highest BCUT2D eigenvalue weighted by Gasteiger charge is 2.33. The average molecular weight is 290 g/mol. The van der Waals surface area contributed by atoms with Crippen LogP contribution < -0.4 is 5.32 Å². The molecule has 0 aromatic carbocycles. The van der Waals surface area contributed by atoms with Gasteiger partial charge in [-0.25, -0.2) is 0 Å². The molecule has 2 unspecified atom stereocenters. The molecular weight excluding hydrogens is 260 g/mol. The molecule has 1 aromatic heterocycles. The monoisotopic (exact) mass is 290 g/mol. The van der Waals surface area contributed by atoms with Gasteiger partial charge < -0.3 is 5.32 Å². The van der Waals surface area contributed by atoms with Crippen LogP contribution in [0.5, 0.6) is 0 Å². The van der Waals surface area contributed by atoms with Gasteiger partial charge in [0, 0.05) is 37.4 Å². The fourth-order valence-electron chi connectivity index (χ4n) is 3.81. The second-order valence-electron chi connectivity index (χ2n) is 6.92. The molecule has 1 aromatic rings. The molecule has 1 saturated carbocycles. The van der Waals surface area contributed by atoms with Crippen LogP contribution >= 0.6 is 0 Å². The maximum atomic E-state index is 4.68. The molecule has 2 fully saturated rings. The first-order valence-corrected chi connectivity index (χ1v) is 8.65. The first-order valence-electron chi connectivity index (χ1n) is 8.65. The number of aromatic nitrogens is 2. The number of rotatable bonds is 5. The SMILES string of the molecule is CCc1nn(C)cc1C1C(CNC2CC2)CCCCN1C. The number of nitrogens with zero attached hydrogens (tertiary/aromatic N) is 3. The van der Waals surface area contributed by atoms with Gasteiger partial charge in [0.15, 0.2) is 0 Å². The Morgan fingerprint density at radius 2 is 2.05 bits per heavy atom. The first-order chi connectivity index (χ1) is 10.2. The summed E-state index contributed by atoms with van der Waals surface area (Å²) in [5.74, 6) is 0.715. The molecular formula is C17H30N4. The van der Waals surface area contributed by atoms with Crippen LogP contribution in [0, 0.1) is 5.92 Å². The molecule has 4 heteroatoms. The van der Waals surface area contributed by atoms with Crippen molar-refractivity contribution in [2.75, 3.05) is 20.1 Å². The fraction of sp³-hybridized carbons (Fsp3) is 0.824. The molecule has 0 radical (unpaired) electrons. The van der Waals surface area contributed by atoms with Crippen molar-refractivity contribution >= 4 is 0 Å². The topological polar surface area (TPSA) is 33.1 Å². The van der Waals surface area contributed by atoms with Gasteiger partial charge in [0.05, 0.1) is 5.69 Å². The number of hydrogen-bond donors (Lipinski definition) is 1. The lowest BCUT2D eigenvalue weighted by molar-refractivity contribution is 0.188. The minimum absolute atomic E-state index is 0.530. The maximum Gasteiger partial charge on any atom is 0.0669 e. The summed E-state index contributed by atoms with van der Waals surface area (Å²) in [6.45, 7) is 4.60. The van der Waals surface area contributed by atoms with E-state index < -0.39 is 0 Å². The van der Waals surface area contributed by atoms with Crippen molar-refractivity contribution < 1.29 is 0 Å². The van der Waals surface area contributed by atoms with E-state index in [1.165, 1.54) is 49.9 Å². The van der Waals surface area contributed by atoms with Crippen LogP contribution in [0.2, 0.25) is 0 Å². The molecule has 1 aliphatic heterocycles. The second-order valence-corrected chi connectivity index (χ2v) is 6.92. The van der Waals surface area contributed by atoms with Gasteiger partial charge in [-0.15, -0.1) is 0 Å². The lowest BCUT2D eigenvalue weighted by Crippen LogP contribution is -2.35. The van der Waals surface area contributed by atoms with Gasteiger partial charge in [0.25, 0.3) is 0 Å². The molecule has 118 valence electrons. The van der Waals surface area contributed by atoms with Gasteiger partial charge in [0.1, 0.15) is 0 Å². The number of nitrogens with one attached hydrogen (secondary N) is 1. The van der Waals surface area contributed by atoms with Gasteiger partial charge in [-0.2, -0.15) is 5.10 Å². The largest absolute Gasteiger partial charge is 0.314 e. The van der Waals surface area contributed by atoms with Gasteiger partial charge in [0.2, 0.25) is 0 Å². The van der Waals surface area contributed by atoms with E-state index in [0.717, 1.165) is 19.0 Å². The molecule has 1 N–H and O–H groups in total. The Morgan fingerprint density at radius 3 is 2.76 bits per heavy atom. The molecule has 0 bridgehead atoms. The van der Waals surface area contributed by atoms with Crippen LogP contribution in [0.3, 0.4) is 0 Å². The van der Waals surface area contributed by atoms with Crippen LogP contribution in [-0.4, -0.2) is 40.9 Å². The summed E-state index contributed by atoms with van der Waals surface area (Å²) in [5.41, 5.74) is 2.75. The molecule has 1 aliphatic carbocycles. The summed E-state index contributed by atoms with van der Waals surface area (Å²) in [4.78, 5) is 2.57. The predicted molar refractivity (Wildman–Crippen MR) is 86.3 cm³/mol. The fourth-order valence-corrected chi connectivity index (χ4v) is 3.81. The molecule has 0 spiro atoms. The molecule has 2 atom stereocenters. The maximum absolute atomic E-state index is 4.68. The Hall–Kier alpha value is -0.870.